The van der Waals surface area contributed by atoms with E-state index < -0.39 is 0 Å². The molecule has 0 heterocycles. The summed E-state index contributed by atoms with van der Waals surface area (Å²) in [4.78, 5) is 14.4. The van der Waals surface area contributed by atoms with Crippen LogP contribution in [0.1, 0.15) is 32.3 Å². The summed E-state index contributed by atoms with van der Waals surface area (Å²) in [5.41, 5.74) is 6.70. The van der Waals surface area contributed by atoms with E-state index in [0.29, 0.717) is 6.54 Å². The van der Waals surface area contributed by atoms with Crippen molar-refractivity contribution in [1.29, 1.82) is 0 Å². The van der Waals surface area contributed by atoms with Gasteiger partial charge < -0.3 is 10.6 Å². The van der Waals surface area contributed by atoms with Crippen LogP contribution >= 0.6 is 0 Å². The molecule has 0 bridgehead atoms. The topological polar surface area (TPSA) is 46.3 Å². The first-order valence-corrected chi connectivity index (χ1v) is 7.09. The van der Waals surface area contributed by atoms with Crippen LogP contribution in [0.4, 0.5) is 0 Å². The molecule has 1 rings (SSSR count). The molecule has 0 aromatic heterocycles. The standard InChI is InChI=1S/C16H26N2O/c1-4-16(5-2,13-17)15(19)18(3)12-11-14-9-7-6-8-10-14/h6-10H,4-5,11-13,17H2,1-3H3. The summed E-state index contributed by atoms with van der Waals surface area (Å²) in [5.74, 6) is 0.177. The van der Waals surface area contributed by atoms with Crippen LogP contribution in [0.25, 0.3) is 0 Å². The van der Waals surface area contributed by atoms with Gasteiger partial charge in [-0.2, -0.15) is 0 Å². The Bertz CT molecular complexity index is 377. The summed E-state index contributed by atoms with van der Waals surface area (Å²) < 4.78 is 0. The lowest BCUT2D eigenvalue weighted by Crippen LogP contribution is -2.46. The molecule has 0 atom stereocenters. The first-order valence-electron chi connectivity index (χ1n) is 7.09. The van der Waals surface area contributed by atoms with Gasteiger partial charge in [0.15, 0.2) is 0 Å². The number of carbonyl (C=O) groups is 1. The largest absolute Gasteiger partial charge is 0.345 e. The van der Waals surface area contributed by atoms with Gasteiger partial charge in [0.2, 0.25) is 5.91 Å². The number of carbonyl (C=O) groups excluding carboxylic acids is 1. The zero-order valence-corrected chi connectivity index (χ0v) is 12.4. The van der Waals surface area contributed by atoms with Crippen molar-refractivity contribution < 1.29 is 4.79 Å². The van der Waals surface area contributed by atoms with Crippen LogP contribution in [0.15, 0.2) is 30.3 Å². The van der Waals surface area contributed by atoms with Crippen molar-refractivity contribution in [3.05, 3.63) is 35.9 Å². The predicted molar refractivity (Wildman–Crippen MR) is 79.9 cm³/mol. The minimum Gasteiger partial charge on any atom is -0.345 e. The Morgan fingerprint density at radius 3 is 2.26 bits per heavy atom. The molecule has 2 N–H and O–H groups in total. The molecular formula is C16H26N2O. The van der Waals surface area contributed by atoms with E-state index in [1.807, 2.05) is 44.0 Å². The fourth-order valence-electron chi connectivity index (χ4n) is 2.38. The second-order valence-electron chi connectivity index (χ2n) is 5.15. The number of nitrogens with two attached hydrogens (primary N) is 1. The van der Waals surface area contributed by atoms with E-state index in [0.717, 1.165) is 25.8 Å². The zero-order chi connectivity index (χ0) is 14.3. The predicted octanol–water partition coefficient (Wildman–Crippen LogP) is 2.45. The number of hydrogen-bond donors (Lipinski definition) is 1. The first-order chi connectivity index (χ1) is 9.09. The van der Waals surface area contributed by atoms with E-state index in [9.17, 15) is 4.79 Å². The number of rotatable bonds is 7. The lowest BCUT2D eigenvalue weighted by Gasteiger charge is -2.33. The second kappa shape index (κ2) is 7.29. The van der Waals surface area contributed by atoms with Gasteiger partial charge in [0, 0.05) is 20.1 Å². The van der Waals surface area contributed by atoms with Gasteiger partial charge in [-0.05, 0) is 24.8 Å². The number of benzene rings is 1. The maximum absolute atomic E-state index is 12.5. The molecule has 1 aromatic carbocycles. The molecule has 0 aliphatic carbocycles. The van der Waals surface area contributed by atoms with Crippen molar-refractivity contribution in [3.8, 4) is 0 Å². The van der Waals surface area contributed by atoms with Gasteiger partial charge in [0.1, 0.15) is 0 Å². The Morgan fingerprint density at radius 1 is 1.21 bits per heavy atom. The Morgan fingerprint density at radius 2 is 1.79 bits per heavy atom. The summed E-state index contributed by atoms with van der Waals surface area (Å²) in [6.07, 6.45) is 2.49. The molecule has 0 spiro atoms. The Labute approximate surface area is 116 Å². The smallest absolute Gasteiger partial charge is 0.229 e. The highest BCUT2D eigenvalue weighted by Gasteiger charge is 2.35. The molecule has 0 fully saturated rings. The third kappa shape index (κ3) is 3.80. The summed E-state index contributed by atoms with van der Waals surface area (Å²) in [6.45, 7) is 5.25. The van der Waals surface area contributed by atoms with Crippen molar-refractivity contribution in [3.63, 3.8) is 0 Å². The van der Waals surface area contributed by atoms with Crippen LogP contribution in [0, 0.1) is 5.41 Å². The minimum absolute atomic E-state index is 0.177. The van der Waals surface area contributed by atoms with Crippen molar-refractivity contribution in [1.82, 2.24) is 4.90 Å². The molecule has 0 saturated carbocycles. The van der Waals surface area contributed by atoms with E-state index in [4.69, 9.17) is 5.73 Å². The third-order valence-corrected chi connectivity index (χ3v) is 4.12. The molecule has 106 valence electrons. The molecule has 3 nitrogen and oxygen atoms in total. The molecular weight excluding hydrogens is 236 g/mol. The van der Waals surface area contributed by atoms with Crippen LogP contribution in [-0.2, 0) is 11.2 Å². The van der Waals surface area contributed by atoms with Crippen LogP contribution < -0.4 is 5.73 Å². The van der Waals surface area contributed by atoms with Crippen molar-refractivity contribution in [2.75, 3.05) is 20.1 Å². The monoisotopic (exact) mass is 262 g/mol. The summed E-state index contributed by atoms with van der Waals surface area (Å²) >= 11 is 0. The molecule has 1 amide bonds. The van der Waals surface area contributed by atoms with Crippen molar-refractivity contribution >= 4 is 5.91 Å². The van der Waals surface area contributed by atoms with Crippen molar-refractivity contribution in [2.24, 2.45) is 11.1 Å². The maximum atomic E-state index is 12.5. The molecule has 0 unspecified atom stereocenters. The highest BCUT2D eigenvalue weighted by molar-refractivity contribution is 5.82. The quantitative estimate of drug-likeness (QED) is 0.820. The average molecular weight is 262 g/mol. The number of amides is 1. The fourth-order valence-corrected chi connectivity index (χ4v) is 2.38. The highest BCUT2D eigenvalue weighted by Crippen LogP contribution is 2.27. The summed E-state index contributed by atoms with van der Waals surface area (Å²) in [7, 11) is 1.88. The Hall–Kier alpha value is -1.35. The van der Waals surface area contributed by atoms with E-state index in [1.54, 1.807) is 0 Å². The number of nitrogens with zero attached hydrogens (tertiary/aromatic N) is 1. The molecule has 1 aromatic rings. The first kappa shape index (κ1) is 15.7. The average Bonchev–Trinajstić information content (AvgIpc) is 2.48. The zero-order valence-electron chi connectivity index (χ0n) is 12.4. The van der Waals surface area contributed by atoms with E-state index in [1.165, 1.54) is 5.56 Å². The summed E-state index contributed by atoms with van der Waals surface area (Å²) in [6, 6.07) is 10.2. The van der Waals surface area contributed by atoms with E-state index >= 15 is 0 Å². The van der Waals surface area contributed by atoms with Gasteiger partial charge in [-0.1, -0.05) is 44.2 Å². The van der Waals surface area contributed by atoms with E-state index in [2.05, 4.69) is 12.1 Å². The molecule has 0 aliphatic rings. The molecule has 0 radical (unpaired) electrons. The number of hydrogen-bond acceptors (Lipinski definition) is 2. The second-order valence-corrected chi connectivity index (χ2v) is 5.15. The Balaban J connectivity index is 2.62. The lowest BCUT2D eigenvalue weighted by atomic mass is 9.81. The SMILES string of the molecule is CCC(CC)(CN)C(=O)N(C)CCc1ccccc1. The van der Waals surface area contributed by atoms with Gasteiger partial charge in [-0.25, -0.2) is 0 Å². The number of likely N-dealkylation sites (N-methyl/N-ethyl adjacent to an activating group) is 1. The Kier molecular flexibility index (Phi) is 6.03. The lowest BCUT2D eigenvalue weighted by molar-refractivity contribution is -0.140. The third-order valence-electron chi connectivity index (χ3n) is 4.12. The summed E-state index contributed by atoms with van der Waals surface area (Å²) in [5, 5.41) is 0. The van der Waals surface area contributed by atoms with Gasteiger partial charge in [0.05, 0.1) is 5.41 Å². The van der Waals surface area contributed by atoms with Crippen LogP contribution in [0.3, 0.4) is 0 Å². The normalized spacial score (nSPS) is 11.4. The van der Waals surface area contributed by atoms with Gasteiger partial charge >= 0.3 is 0 Å². The van der Waals surface area contributed by atoms with Crippen molar-refractivity contribution in [2.45, 2.75) is 33.1 Å². The molecule has 0 saturated heterocycles. The van der Waals surface area contributed by atoms with Crippen LogP contribution in [0.2, 0.25) is 0 Å². The van der Waals surface area contributed by atoms with Gasteiger partial charge in [0.25, 0.3) is 0 Å². The highest BCUT2D eigenvalue weighted by atomic mass is 16.2. The maximum Gasteiger partial charge on any atom is 0.229 e. The van der Waals surface area contributed by atoms with Crippen LogP contribution in [0.5, 0.6) is 0 Å². The molecule has 3 heteroatoms. The molecule has 19 heavy (non-hydrogen) atoms. The minimum atomic E-state index is -0.383. The fraction of sp³-hybridized carbons (Fsp3) is 0.562. The van der Waals surface area contributed by atoms with Crippen LogP contribution in [-0.4, -0.2) is 30.9 Å². The van der Waals surface area contributed by atoms with Gasteiger partial charge in [-0.3, -0.25) is 4.79 Å². The van der Waals surface area contributed by atoms with E-state index in [-0.39, 0.29) is 11.3 Å². The molecule has 0 aliphatic heterocycles. The van der Waals surface area contributed by atoms with Gasteiger partial charge in [-0.15, -0.1) is 0 Å².